The number of anilines is 1. The van der Waals surface area contributed by atoms with Gasteiger partial charge in [-0.2, -0.15) is 5.10 Å². The number of hydrogen-bond acceptors (Lipinski definition) is 4. The Morgan fingerprint density at radius 1 is 1.37 bits per heavy atom. The average Bonchev–Trinajstić information content (AvgIpc) is 3.05. The Morgan fingerprint density at radius 3 is 2.95 bits per heavy atom. The number of fused-ring (bicyclic) bond motifs is 1. The van der Waals surface area contributed by atoms with E-state index >= 15 is 0 Å². The van der Waals surface area contributed by atoms with Gasteiger partial charge in [0.2, 0.25) is 5.91 Å². The lowest BCUT2D eigenvalue weighted by Crippen LogP contribution is -2.30. The number of rotatable bonds is 3. The molecule has 0 aliphatic carbocycles. The highest BCUT2D eigenvalue weighted by Gasteiger charge is 2.15. The van der Waals surface area contributed by atoms with Crippen molar-refractivity contribution in [2.75, 3.05) is 11.9 Å². The number of aromatic nitrogens is 3. The Kier molecular flexibility index (Phi) is 3.00. The summed E-state index contributed by atoms with van der Waals surface area (Å²) in [6.07, 6.45) is 3.43. The first-order valence-corrected chi connectivity index (χ1v) is 6.65. The number of likely N-dealkylation sites (N-methyl/N-ethyl adjacent to an activating group) is 1. The molecule has 3 aromatic rings. The van der Waals surface area contributed by atoms with Gasteiger partial charge in [-0.1, -0.05) is 23.5 Å². The minimum Gasteiger partial charge on any atom is -0.290 e. The van der Waals surface area contributed by atoms with Crippen LogP contribution in [0.2, 0.25) is 0 Å². The average molecular weight is 272 g/mol. The van der Waals surface area contributed by atoms with Crippen molar-refractivity contribution >= 4 is 32.6 Å². The number of hydrogen-bond donors (Lipinski definition) is 0. The van der Waals surface area contributed by atoms with E-state index in [1.165, 1.54) is 11.3 Å². The highest BCUT2D eigenvalue weighted by atomic mass is 32.1. The van der Waals surface area contributed by atoms with Gasteiger partial charge in [-0.25, -0.2) is 4.98 Å². The highest BCUT2D eigenvalue weighted by Crippen LogP contribution is 2.27. The van der Waals surface area contributed by atoms with Crippen LogP contribution in [0.25, 0.3) is 10.2 Å². The van der Waals surface area contributed by atoms with Crippen molar-refractivity contribution in [1.82, 2.24) is 14.8 Å². The molecule has 0 aliphatic rings. The molecular weight excluding hydrogens is 260 g/mol. The molecule has 0 saturated carbocycles. The van der Waals surface area contributed by atoms with Gasteiger partial charge in [0, 0.05) is 19.4 Å². The number of nitrogens with zero attached hydrogens (tertiary/aromatic N) is 4. The van der Waals surface area contributed by atoms with Crippen molar-refractivity contribution in [2.45, 2.75) is 6.54 Å². The summed E-state index contributed by atoms with van der Waals surface area (Å²) >= 11 is 1.51. The van der Waals surface area contributed by atoms with Gasteiger partial charge in [-0.15, -0.1) is 0 Å². The minimum atomic E-state index is -0.0391. The van der Waals surface area contributed by atoms with E-state index in [0.717, 1.165) is 10.2 Å². The smallest absolute Gasteiger partial charge is 0.250 e. The van der Waals surface area contributed by atoms with Crippen LogP contribution in [0, 0.1) is 0 Å². The Balaban J connectivity index is 1.82. The van der Waals surface area contributed by atoms with Gasteiger partial charge in [-0.05, 0) is 18.2 Å². The second-order valence-electron chi connectivity index (χ2n) is 4.12. The number of benzene rings is 1. The van der Waals surface area contributed by atoms with Crippen molar-refractivity contribution in [3.05, 3.63) is 42.7 Å². The van der Waals surface area contributed by atoms with Crippen LogP contribution in [0.4, 0.5) is 5.13 Å². The lowest BCUT2D eigenvalue weighted by atomic mass is 10.3. The second kappa shape index (κ2) is 4.81. The zero-order valence-electron chi connectivity index (χ0n) is 10.4. The molecule has 0 bridgehead atoms. The van der Waals surface area contributed by atoms with Gasteiger partial charge in [-0.3, -0.25) is 14.4 Å². The Morgan fingerprint density at radius 2 is 2.21 bits per heavy atom. The van der Waals surface area contributed by atoms with Crippen molar-refractivity contribution in [3.8, 4) is 0 Å². The van der Waals surface area contributed by atoms with Crippen LogP contribution in [0.15, 0.2) is 42.7 Å². The van der Waals surface area contributed by atoms with Crippen molar-refractivity contribution < 1.29 is 4.79 Å². The van der Waals surface area contributed by atoms with Crippen LogP contribution >= 0.6 is 11.3 Å². The van der Waals surface area contributed by atoms with Crippen LogP contribution in [0.1, 0.15) is 0 Å². The number of para-hydroxylation sites is 1. The summed E-state index contributed by atoms with van der Waals surface area (Å²) in [6, 6.07) is 9.65. The minimum absolute atomic E-state index is 0.0391. The van der Waals surface area contributed by atoms with Crippen LogP contribution in [0.3, 0.4) is 0 Å². The summed E-state index contributed by atoms with van der Waals surface area (Å²) in [6.45, 7) is 0.222. The summed E-state index contributed by atoms with van der Waals surface area (Å²) < 4.78 is 2.68. The van der Waals surface area contributed by atoms with E-state index in [0.29, 0.717) is 5.13 Å². The van der Waals surface area contributed by atoms with Crippen molar-refractivity contribution in [1.29, 1.82) is 0 Å². The third-order valence-corrected chi connectivity index (χ3v) is 3.91. The molecule has 0 radical (unpaired) electrons. The summed E-state index contributed by atoms with van der Waals surface area (Å²) in [4.78, 5) is 18.2. The fourth-order valence-electron chi connectivity index (χ4n) is 1.75. The number of carbonyl (C=O) groups excluding carboxylic acids is 1. The summed E-state index contributed by atoms with van der Waals surface area (Å²) in [5, 5.41) is 4.73. The highest BCUT2D eigenvalue weighted by molar-refractivity contribution is 7.22. The largest absolute Gasteiger partial charge is 0.290 e. The Labute approximate surface area is 114 Å². The molecule has 5 nitrogen and oxygen atoms in total. The lowest BCUT2D eigenvalue weighted by Gasteiger charge is -2.13. The van der Waals surface area contributed by atoms with Crippen LogP contribution in [-0.2, 0) is 11.3 Å². The zero-order chi connectivity index (χ0) is 13.2. The standard InChI is InChI=1S/C13H12N4OS/c1-16(12(18)9-17-8-4-7-14-17)13-15-10-5-2-3-6-11(10)19-13/h2-8H,9H2,1H3. The molecule has 0 unspecified atom stereocenters. The van der Waals surface area contributed by atoms with E-state index in [4.69, 9.17) is 0 Å². The van der Waals surface area contributed by atoms with E-state index in [-0.39, 0.29) is 12.5 Å². The maximum atomic E-state index is 12.1. The quantitative estimate of drug-likeness (QED) is 0.734. The van der Waals surface area contributed by atoms with Gasteiger partial charge in [0.15, 0.2) is 5.13 Å². The molecular formula is C13H12N4OS. The third kappa shape index (κ3) is 2.34. The van der Waals surface area contributed by atoms with Gasteiger partial charge in [0.05, 0.1) is 10.2 Å². The third-order valence-electron chi connectivity index (χ3n) is 2.80. The Bertz CT molecular complexity index is 671. The lowest BCUT2D eigenvalue weighted by molar-refractivity contribution is -0.119. The van der Waals surface area contributed by atoms with E-state index < -0.39 is 0 Å². The molecule has 0 spiro atoms. The van der Waals surface area contributed by atoms with Crippen molar-refractivity contribution in [3.63, 3.8) is 0 Å². The number of amides is 1. The molecule has 19 heavy (non-hydrogen) atoms. The number of thiazole rings is 1. The maximum absolute atomic E-state index is 12.1. The molecule has 0 fully saturated rings. The normalized spacial score (nSPS) is 10.8. The zero-order valence-corrected chi connectivity index (χ0v) is 11.2. The molecule has 1 amide bonds. The fourth-order valence-corrected chi connectivity index (χ4v) is 2.69. The predicted molar refractivity (Wildman–Crippen MR) is 75.3 cm³/mol. The maximum Gasteiger partial charge on any atom is 0.250 e. The molecule has 2 heterocycles. The molecule has 0 N–H and O–H groups in total. The second-order valence-corrected chi connectivity index (χ2v) is 5.13. The van der Waals surface area contributed by atoms with Crippen LogP contribution < -0.4 is 4.90 Å². The molecule has 0 saturated heterocycles. The van der Waals surface area contributed by atoms with Gasteiger partial charge < -0.3 is 0 Å². The summed E-state index contributed by atoms with van der Waals surface area (Å²) in [7, 11) is 1.74. The first kappa shape index (κ1) is 11.9. The van der Waals surface area contributed by atoms with E-state index in [2.05, 4.69) is 10.1 Å². The van der Waals surface area contributed by atoms with Crippen molar-refractivity contribution in [2.24, 2.45) is 0 Å². The first-order valence-electron chi connectivity index (χ1n) is 5.83. The monoisotopic (exact) mass is 272 g/mol. The molecule has 6 heteroatoms. The summed E-state index contributed by atoms with van der Waals surface area (Å²) in [5.74, 6) is -0.0391. The molecule has 0 aliphatic heterocycles. The van der Waals surface area contributed by atoms with Crippen LogP contribution in [0.5, 0.6) is 0 Å². The molecule has 2 aromatic heterocycles. The van der Waals surface area contributed by atoms with Gasteiger partial charge in [0.1, 0.15) is 6.54 Å². The van der Waals surface area contributed by atoms with E-state index in [9.17, 15) is 4.79 Å². The first-order chi connectivity index (χ1) is 9.24. The van der Waals surface area contributed by atoms with Gasteiger partial charge >= 0.3 is 0 Å². The number of carbonyl (C=O) groups is 1. The molecule has 1 aromatic carbocycles. The fraction of sp³-hybridized carbons (Fsp3) is 0.154. The predicted octanol–water partition coefficient (Wildman–Crippen LogP) is 2.16. The molecule has 3 rings (SSSR count). The van der Waals surface area contributed by atoms with Crippen LogP contribution in [-0.4, -0.2) is 27.7 Å². The van der Waals surface area contributed by atoms with E-state index in [1.807, 2.05) is 24.3 Å². The molecule has 0 atom stereocenters. The SMILES string of the molecule is CN(C(=O)Cn1cccn1)c1nc2ccccc2s1. The topological polar surface area (TPSA) is 51.0 Å². The van der Waals surface area contributed by atoms with Gasteiger partial charge in [0.25, 0.3) is 0 Å². The molecule has 96 valence electrons. The summed E-state index contributed by atoms with van der Waals surface area (Å²) in [5.41, 5.74) is 0.918. The Hall–Kier alpha value is -2.21. The van der Waals surface area contributed by atoms with E-state index in [1.54, 1.807) is 35.1 Å².